The summed E-state index contributed by atoms with van der Waals surface area (Å²) in [5.74, 6) is 0. The maximum atomic E-state index is 2.41. The maximum absolute atomic E-state index is 2.41. The normalized spacial score (nSPS) is 12.8. The van der Waals surface area contributed by atoms with E-state index in [0.29, 0.717) is 0 Å². The van der Waals surface area contributed by atoms with E-state index in [1.54, 1.807) is 0 Å². The third-order valence-corrected chi connectivity index (χ3v) is 6.53. The van der Waals surface area contributed by atoms with E-state index in [2.05, 4.69) is 110 Å². The average Bonchev–Trinajstić information content (AvgIpc) is 3.15. The molecule has 32 heavy (non-hydrogen) atoms. The Bertz CT molecular complexity index is 1330. The molecule has 0 spiro atoms. The van der Waals surface area contributed by atoms with Gasteiger partial charge >= 0.3 is 0 Å². The Morgan fingerprint density at radius 2 is 0.875 bits per heavy atom. The first-order chi connectivity index (χ1) is 15.8. The Balaban J connectivity index is 0.000000582. The van der Waals surface area contributed by atoms with Crippen molar-refractivity contribution >= 4 is 21.5 Å². The average molecular weight is 417 g/mol. The van der Waals surface area contributed by atoms with Gasteiger partial charge in [-0.3, -0.25) is 0 Å². The van der Waals surface area contributed by atoms with Gasteiger partial charge in [0.1, 0.15) is 0 Å². The highest BCUT2D eigenvalue weighted by molar-refractivity contribution is 6.10. The van der Waals surface area contributed by atoms with Crippen LogP contribution >= 0.6 is 0 Å². The molecule has 0 nitrogen and oxygen atoms in total. The molecule has 1 aliphatic carbocycles. The molecule has 0 saturated heterocycles. The van der Waals surface area contributed by atoms with Crippen molar-refractivity contribution in [3.05, 3.63) is 120 Å². The van der Waals surface area contributed by atoms with Crippen LogP contribution in [0.25, 0.3) is 32.7 Å². The van der Waals surface area contributed by atoms with Gasteiger partial charge < -0.3 is 0 Å². The summed E-state index contributed by atoms with van der Waals surface area (Å²) in [4.78, 5) is 0. The first-order valence-electron chi connectivity index (χ1n) is 11.9. The highest BCUT2D eigenvalue weighted by Crippen LogP contribution is 2.54. The molecule has 0 radical (unpaired) electrons. The molecule has 0 fully saturated rings. The predicted octanol–water partition coefficient (Wildman–Crippen LogP) is 9.38. The van der Waals surface area contributed by atoms with Crippen LogP contribution in [0.2, 0.25) is 0 Å². The second-order valence-electron chi connectivity index (χ2n) is 7.91. The highest BCUT2D eigenvalue weighted by atomic mass is 14.4. The zero-order valence-electron chi connectivity index (χ0n) is 19.8. The Morgan fingerprint density at radius 1 is 0.438 bits per heavy atom. The Hall–Kier alpha value is -3.38. The molecule has 0 bridgehead atoms. The molecule has 0 aromatic heterocycles. The van der Waals surface area contributed by atoms with Crippen molar-refractivity contribution in [2.24, 2.45) is 0 Å². The summed E-state index contributed by atoms with van der Waals surface area (Å²) in [6.45, 7) is 10.4. The third-order valence-electron chi connectivity index (χ3n) is 6.53. The molecular formula is C32H32. The van der Waals surface area contributed by atoms with Gasteiger partial charge in [-0.05, 0) is 62.4 Å². The molecule has 0 heterocycles. The van der Waals surface area contributed by atoms with Crippen molar-refractivity contribution < 1.29 is 0 Å². The number of fused-ring (bicyclic) bond motifs is 6. The third kappa shape index (κ3) is 3.14. The van der Waals surface area contributed by atoms with Crippen LogP contribution in [0.15, 0.2) is 103 Å². The summed E-state index contributed by atoms with van der Waals surface area (Å²) in [5, 5.41) is 5.30. The molecule has 0 amide bonds. The zero-order valence-corrected chi connectivity index (χ0v) is 19.8. The largest absolute Gasteiger partial charge is 0.0683 e. The summed E-state index contributed by atoms with van der Waals surface area (Å²) in [6, 6.07) is 37.8. The van der Waals surface area contributed by atoms with E-state index >= 15 is 0 Å². The van der Waals surface area contributed by atoms with Gasteiger partial charge in [0, 0.05) is 5.41 Å². The van der Waals surface area contributed by atoms with Gasteiger partial charge in [0.25, 0.3) is 0 Å². The fourth-order valence-electron chi connectivity index (χ4n) is 5.21. The van der Waals surface area contributed by atoms with E-state index in [-0.39, 0.29) is 5.41 Å². The van der Waals surface area contributed by atoms with Gasteiger partial charge in [0.05, 0.1) is 0 Å². The van der Waals surface area contributed by atoms with Crippen LogP contribution in [-0.4, -0.2) is 0 Å². The molecule has 0 heteroatoms. The molecular weight excluding hydrogens is 384 g/mol. The quantitative estimate of drug-likeness (QED) is 0.239. The van der Waals surface area contributed by atoms with Gasteiger partial charge in [0.2, 0.25) is 0 Å². The van der Waals surface area contributed by atoms with Gasteiger partial charge in [-0.2, -0.15) is 0 Å². The molecule has 5 aromatic rings. The summed E-state index contributed by atoms with van der Waals surface area (Å²) < 4.78 is 0. The fraction of sp³-hybridized carbons (Fsp3) is 0.188. The van der Waals surface area contributed by atoms with Crippen LogP contribution in [0.3, 0.4) is 0 Å². The lowest BCUT2D eigenvalue weighted by Crippen LogP contribution is -2.22. The lowest BCUT2D eigenvalue weighted by Gasteiger charge is -2.30. The predicted molar refractivity (Wildman–Crippen MR) is 142 cm³/mol. The highest BCUT2D eigenvalue weighted by Gasteiger charge is 2.41. The molecule has 1 aliphatic rings. The minimum atomic E-state index is -0.170. The van der Waals surface area contributed by atoms with Crippen molar-refractivity contribution in [1.82, 2.24) is 0 Å². The second-order valence-corrected chi connectivity index (χ2v) is 7.91. The van der Waals surface area contributed by atoms with E-state index in [9.17, 15) is 0 Å². The zero-order chi connectivity index (χ0) is 22.7. The molecule has 5 aromatic carbocycles. The van der Waals surface area contributed by atoms with Crippen molar-refractivity contribution in [1.29, 1.82) is 0 Å². The first-order valence-corrected chi connectivity index (χ1v) is 11.9. The topological polar surface area (TPSA) is 0 Å². The SMILES string of the molecule is CC.CC.CC1(c2cc3ccccc3c3ccccc23)c2ccccc2-c2ccccc21. The molecule has 0 saturated carbocycles. The Labute approximate surface area is 192 Å². The summed E-state index contributed by atoms with van der Waals surface area (Å²) >= 11 is 0. The summed E-state index contributed by atoms with van der Waals surface area (Å²) in [7, 11) is 0. The number of benzene rings is 5. The van der Waals surface area contributed by atoms with Gasteiger partial charge in [-0.25, -0.2) is 0 Å². The van der Waals surface area contributed by atoms with E-state index < -0.39 is 0 Å². The summed E-state index contributed by atoms with van der Waals surface area (Å²) in [6.07, 6.45) is 0. The smallest absolute Gasteiger partial charge is 0.0441 e. The lowest BCUT2D eigenvalue weighted by molar-refractivity contribution is 0.722. The molecule has 0 unspecified atom stereocenters. The van der Waals surface area contributed by atoms with E-state index in [1.807, 2.05) is 27.7 Å². The van der Waals surface area contributed by atoms with Crippen molar-refractivity contribution in [2.75, 3.05) is 0 Å². The first kappa shape index (κ1) is 21.8. The van der Waals surface area contributed by atoms with E-state index in [1.165, 1.54) is 49.4 Å². The van der Waals surface area contributed by atoms with Crippen LogP contribution in [0.5, 0.6) is 0 Å². The van der Waals surface area contributed by atoms with Crippen molar-refractivity contribution in [2.45, 2.75) is 40.0 Å². The lowest BCUT2D eigenvalue weighted by atomic mass is 9.72. The van der Waals surface area contributed by atoms with Gasteiger partial charge in [-0.15, -0.1) is 0 Å². The monoisotopic (exact) mass is 416 g/mol. The van der Waals surface area contributed by atoms with Crippen LogP contribution in [0, 0.1) is 0 Å². The minimum Gasteiger partial charge on any atom is -0.0683 e. The number of hydrogen-bond acceptors (Lipinski definition) is 0. The Kier molecular flexibility index (Phi) is 6.15. The number of rotatable bonds is 1. The van der Waals surface area contributed by atoms with Crippen LogP contribution in [-0.2, 0) is 5.41 Å². The molecule has 6 rings (SSSR count). The van der Waals surface area contributed by atoms with Crippen LogP contribution in [0.4, 0.5) is 0 Å². The standard InChI is InChI=1S/C28H20.2C2H6/c1-28(25-16-8-6-14-23(25)24-15-7-9-17-26(24)28)27-18-19-10-2-3-11-20(19)21-12-4-5-13-22(21)27;2*1-2/h2-18H,1H3;2*1-2H3. The van der Waals surface area contributed by atoms with Crippen molar-refractivity contribution in [3.8, 4) is 11.1 Å². The second kappa shape index (κ2) is 9.01. The van der Waals surface area contributed by atoms with Gasteiger partial charge in [-0.1, -0.05) is 125 Å². The molecule has 0 aliphatic heterocycles. The molecule has 0 N–H and O–H groups in total. The van der Waals surface area contributed by atoms with Crippen LogP contribution < -0.4 is 0 Å². The number of hydrogen-bond donors (Lipinski definition) is 0. The molecule has 0 atom stereocenters. The maximum Gasteiger partial charge on any atom is 0.0441 e. The van der Waals surface area contributed by atoms with Crippen LogP contribution in [0.1, 0.15) is 51.3 Å². The summed E-state index contributed by atoms with van der Waals surface area (Å²) in [5.41, 5.74) is 6.74. The van der Waals surface area contributed by atoms with Crippen molar-refractivity contribution in [3.63, 3.8) is 0 Å². The Morgan fingerprint density at radius 3 is 1.47 bits per heavy atom. The minimum absolute atomic E-state index is 0.170. The fourth-order valence-corrected chi connectivity index (χ4v) is 5.21. The molecule has 160 valence electrons. The van der Waals surface area contributed by atoms with Gasteiger partial charge in [0.15, 0.2) is 0 Å². The van der Waals surface area contributed by atoms with E-state index in [4.69, 9.17) is 0 Å². The van der Waals surface area contributed by atoms with E-state index in [0.717, 1.165) is 0 Å².